The highest BCUT2D eigenvalue weighted by atomic mass is 16.1. The van der Waals surface area contributed by atoms with Crippen LogP contribution in [0, 0.1) is 0 Å². The molecule has 1 fully saturated rings. The number of hydrogen-bond donors (Lipinski definition) is 1. The summed E-state index contributed by atoms with van der Waals surface area (Å²) >= 11 is 0. The molecule has 2 heterocycles. The molecule has 0 spiro atoms. The number of carbonyl (C=O) groups excluding carboxylic acids is 1. The molecular formula is C21H29N5O. The largest absolute Gasteiger partial charge is 0.353 e. The molecule has 1 atom stereocenters. The van der Waals surface area contributed by atoms with Crippen LogP contribution >= 0.6 is 0 Å². The molecule has 0 radical (unpaired) electrons. The van der Waals surface area contributed by atoms with Crippen molar-refractivity contribution in [3.05, 3.63) is 42.1 Å². The van der Waals surface area contributed by atoms with Crippen LogP contribution in [0.1, 0.15) is 36.5 Å². The van der Waals surface area contributed by atoms with Crippen molar-refractivity contribution in [3.8, 4) is 11.4 Å². The predicted molar refractivity (Wildman–Crippen MR) is 109 cm³/mol. The van der Waals surface area contributed by atoms with E-state index in [1.807, 2.05) is 49.3 Å². The first kappa shape index (κ1) is 19.3. The zero-order valence-electron chi connectivity index (χ0n) is 16.5. The summed E-state index contributed by atoms with van der Waals surface area (Å²) in [5, 5.41) is 3.00. The van der Waals surface area contributed by atoms with Gasteiger partial charge in [-0.25, -0.2) is 9.97 Å². The summed E-state index contributed by atoms with van der Waals surface area (Å²) in [6, 6.07) is 10.3. The summed E-state index contributed by atoms with van der Waals surface area (Å²) in [5.41, 5.74) is 1.52. The Hall–Kier alpha value is -2.47. The first-order valence-corrected chi connectivity index (χ1v) is 9.68. The number of nitrogens with zero attached hydrogens (tertiary/aromatic N) is 4. The van der Waals surface area contributed by atoms with Crippen LogP contribution in [0.25, 0.3) is 11.4 Å². The van der Waals surface area contributed by atoms with Gasteiger partial charge in [0.1, 0.15) is 11.4 Å². The van der Waals surface area contributed by atoms with Gasteiger partial charge in [0, 0.05) is 37.4 Å². The lowest BCUT2D eigenvalue weighted by Crippen LogP contribution is -2.40. The molecule has 1 aliphatic rings. The van der Waals surface area contributed by atoms with Crippen molar-refractivity contribution in [2.45, 2.75) is 32.2 Å². The van der Waals surface area contributed by atoms with E-state index in [0.29, 0.717) is 24.0 Å². The van der Waals surface area contributed by atoms with Crippen molar-refractivity contribution >= 4 is 11.7 Å². The van der Waals surface area contributed by atoms with Crippen LogP contribution in [0.3, 0.4) is 0 Å². The van der Waals surface area contributed by atoms with Gasteiger partial charge in [0.05, 0.1) is 0 Å². The molecule has 1 N–H and O–H groups in total. The topological polar surface area (TPSA) is 61.4 Å². The van der Waals surface area contributed by atoms with E-state index in [1.165, 1.54) is 6.42 Å². The number of hydrogen-bond acceptors (Lipinski definition) is 5. The third kappa shape index (κ3) is 4.83. The fraction of sp³-hybridized carbons (Fsp3) is 0.476. The van der Waals surface area contributed by atoms with E-state index in [-0.39, 0.29) is 5.91 Å². The maximum absolute atomic E-state index is 12.8. The maximum atomic E-state index is 12.8. The van der Waals surface area contributed by atoms with Crippen molar-refractivity contribution in [2.75, 3.05) is 38.6 Å². The standard InChI is InChI=1S/C21H29N5O/c1-16-9-7-8-13-26(16)20-18(21(27)22-12-14-25(2)3)15-23-19(24-20)17-10-5-4-6-11-17/h4-6,10-11,15-16H,7-9,12-14H2,1-3H3,(H,22,27). The van der Waals surface area contributed by atoms with Gasteiger partial charge in [-0.15, -0.1) is 0 Å². The first-order valence-electron chi connectivity index (χ1n) is 9.68. The Morgan fingerprint density at radius 3 is 2.74 bits per heavy atom. The fourth-order valence-electron chi connectivity index (χ4n) is 3.38. The molecule has 0 bridgehead atoms. The van der Waals surface area contributed by atoms with Crippen LogP contribution in [0.5, 0.6) is 0 Å². The van der Waals surface area contributed by atoms with Gasteiger partial charge < -0.3 is 15.1 Å². The van der Waals surface area contributed by atoms with Crippen LogP contribution in [0.2, 0.25) is 0 Å². The molecular weight excluding hydrogens is 338 g/mol. The van der Waals surface area contributed by atoms with Gasteiger partial charge in [0.2, 0.25) is 0 Å². The molecule has 1 amide bonds. The van der Waals surface area contributed by atoms with Gasteiger partial charge in [-0.3, -0.25) is 4.79 Å². The third-order valence-corrected chi connectivity index (χ3v) is 4.96. The van der Waals surface area contributed by atoms with Gasteiger partial charge in [0.15, 0.2) is 5.82 Å². The van der Waals surface area contributed by atoms with Crippen LogP contribution < -0.4 is 10.2 Å². The van der Waals surface area contributed by atoms with E-state index >= 15 is 0 Å². The molecule has 0 aliphatic carbocycles. The number of likely N-dealkylation sites (N-methyl/N-ethyl adjacent to an activating group) is 1. The quantitative estimate of drug-likeness (QED) is 0.851. The second-order valence-corrected chi connectivity index (χ2v) is 7.39. The summed E-state index contributed by atoms with van der Waals surface area (Å²) in [6.45, 7) is 4.52. The molecule has 0 saturated carbocycles. The number of benzene rings is 1. The number of piperidine rings is 1. The number of anilines is 1. The van der Waals surface area contributed by atoms with Crippen molar-refractivity contribution < 1.29 is 4.79 Å². The van der Waals surface area contributed by atoms with Gasteiger partial charge >= 0.3 is 0 Å². The summed E-state index contributed by atoms with van der Waals surface area (Å²) in [7, 11) is 3.98. The smallest absolute Gasteiger partial charge is 0.256 e. The lowest BCUT2D eigenvalue weighted by molar-refractivity contribution is 0.0950. The van der Waals surface area contributed by atoms with E-state index in [2.05, 4.69) is 22.1 Å². The Morgan fingerprint density at radius 1 is 1.26 bits per heavy atom. The summed E-state index contributed by atoms with van der Waals surface area (Å²) in [5.74, 6) is 1.30. The number of amides is 1. The van der Waals surface area contributed by atoms with Crippen LogP contribution in [-0.2, 0) is 0 Å². The molecule has 3 rings (SSSR count). The number of rotatable bonds is 6. The fourth-order valence-corrected chi connectivity index (χ4v) is 3.38. The molecule has 1 aromatic heterocycles. The van der Waals surface area contributed by atoms with E-state index in [9.17, 15) is 4.79 Å². The Bertz CT molecular complexity index is 762. The predicted octanol–water partition coefficient (Wildman–Crippen LogP) is 2.81. The number of aromatic nitrogens is 2. The minimum Gasteiger partial charge on any atom is -0.353 e. The number of nitrogens with one attached hydrogen (secondary N) is 1. The Kier molecular flexibility index (Phi) is 6.40. The normalized spacial score (nSPS) is 17.2. The van der Waals surface area contributed by atoms with Crippen molar-refractivity contribution in [3.63, 3.8) is 0 Å². The summed E-state index contributed by atoms with van der Waals surface area (Å²) in [6.07, 6.45) is 5.14. The van der Waals surface area contributed by atoms with Crippen molar-refractivity contribution in [1.29, 1.82) is 0 Å². The van der Waals surface area contributed by atoms with Gasteiger partial charge in [-0.2, -0.15) is 0 Å². The average molecular weight is 367 g/mol. The average Bonchev–Trinajstić information content (AvgIpc) is 2.68. The van der Waals surface area contributed by atoms with Gasteiger partial charge in [0.25, 0.3) is 5.91 Å². The minimum atomic E-state index is -0.107. The molecule has 6 nitrogen and oxygen atoms in total. The summed E-state index contributed by atoms with van der Waals surface area (Å²) in [4.78, 5) is 26.4. The molecule has 1 aromatic carbocycles. The maximum Gasteiger partial charge on any atom is 0.256 e. The Balaban J connectivity index is 1.92. The van der Waals surface area contributed by atoms with Crippen molar-refractivity contribution in [2.24, 2.45) is 0 Å². The molecule has 144 valence electrons. The van der Waals surface area contributed by atoms with E-state index < -0.39 is 0 Å². The Labute approximate surface area is 161 Å². The molecule has 2 aromatic rings. The molecule has 1 aliphatic heterocycles. The van der Waals surface area contributed by atoms with E-state index in [1.54, 1.807) is 6.20 Å². The lowest BCUT2D eigenvalue weighted by atomic mass is 10.0. The first-order chi connectivity index (χ1) is 13.1. The highest BCUT2D eigenvalue weighted by Crippen LogP contribution is 2.28. The van der Waals surface area contributed by atoms with Gasteiger partial charge in [-0.05, 0) is 40.3 Å². The third-order valence-electron chi connectivity index (χ3n) is 4.96. The van der Waals surface area contributed by atoms with Crippen LogP contribution in [0.15, 0.2) is 36.5 Å². The Morgan fingerprint density at radius 2 is 2.04 bits per heavy atom. The summed E-state index contributed by atoms with van der Waals surface area (Å²) < 4.78 is 0. The SMILES string of the molecule is CC1CCCCN1c1nc(-c2ccccc2)ncc1C(=O)NCCN(C)C. The highest BCUT2D eigenvalue weighted by Gasteiger charge is 2.25. The molecule has 6 heteroatoms. The van der Waals surface area contributed by atoms with Crippen molar-refractivity contribution in [1.82, 2.24) is 20.2 Å². The molecule has 1 unspecified atom stereocenters. The van der Waals surface area contributed by atoms with Crippen LogP contribution in [-0.4, -0.2) is 60.5 Å². The highest BCUT2D eigenvalue weighted by molar-refractivity contribution is 5.99. The van der Waals surface area contributed by atoms with Crippen LogP contribution in [0.4, 0.5) is 5.82 Å². The minimum absolute atomic E-state index is 0.107. The molecule has 27 heavy (non-hydrogen) atoms. The molecule has 1 saturated heterocycles. The number of carbonyl (C=O) groups is 1. The van der Waals surface area contributed by atoms with E-state index in [4.69, 9.17) is 4.98 Å². The monoisotopic (exact) mass is 367 g/mol. The second kappa shape index (κ2) is 8.95. The zero-order chi connectivity index (χ0) is 19.2. The second-order valence-electron chi connectivity index (χ2n) is 7.39. The zero-order valence-corrected chi connectivity index (χ0v) is 16.5. The van der Waals surface area contributed by atoms with Gasteiger partial charge in [-0.1, -0.05) is 30.3 Å². The lowest BCUT2D eigenvalue weighted by Gasteiger charge is -2.35. The van der Waals surface area contributed by atoms with E-state index in [0.717, 1.165) is 37.3 Å².